The van der Waals surface area contributed by atoms with Gasteiger partial charge in [-0.3, -0.25) is 0 Å². The maximum atomic E-state index is 11.7. The van der Waals surface area contributed by atoms with Crippen molar-refractivity contribution in [2.24, 2.45) is 0 Å². The predicted molar refractivity (Wildman–Crippen MR) is 66.1 cm³/mol. The Labute approximate surface area is 105 Å². The molecule has 0 aliphatic heterocycles. The van der Waals surface area contributed by atoms with Crippen LogP contribution < -0.4 is 0 Å². The molecule has 0 radical (unpaired) electrons. The number of nitrogens with zero attached hydrogens (tertiary/aromatic N) is 3. The van der Waals surface area contributed by atoms with Crippen molar-refractivity contribution >= 4 is 5.97 Å². The van der Waals surface area contributed by atoms with Crippen molar-refractivity contribution < 1.29 is 9.53 Å². The molecule has 0 aromatic carbocycles. The van der Waals surface area contributed by atoms with Crippen LogP contribution in [0.4, 0.5) is 0 Å². The number of pyridine rings is 1. The van der Waals surface area contributed by atoms with E-state index in [0.29, 0.717) is 11.4 Å². The zero-order chi connectivity index (χ0) is 13.1. The number of hydrogen-bond donors (Lipinski definition) is 0. The van der Waals surface area contributed by atoms with Crippen LogP contribution in [0.15, 0.2) is 24.5 Å². The molecule has 2 rings (SSSR count). The first-order chi connectivity index (χ1) is 8.63. The molecule has 0 spiro atoms. The molecule has 0 unspecified atom stereocenters. The van der Waals surface area contributed by atoms with Gasteiger partial charge in [0.25, 0.3) is 0 Å². The van der Waals surface area contributed by atoms with Gasteiger partial charge in [-0.1, -0.05) is 0 Å². The Morgan fingerprint density at radius 2 is 1.89 bits per heavy atom. The largest absolute Gasteiger partial charge is 0.464 e. The number of methoxy groups -OCH3 is 1. The highest BCUT2D eigenvalue weighted by atomic mass is 16.5. The fourth-order valence-electron chi connectivity index (χ4n) is 1.57. The fraction of sp³-hybridized carbons (Fsp3) is 0.231. The highest BCUT2D eigenvalue weighted by molar-refractivity contribution is 5.94. The van der Waals surface area contributed by atoms with E-state index in [2.05, 4.69) is 15.0 Å². The molecule has 2 heterocycles. The zero-order valence-corrected chi connectivity index (χ0v) is 10.5. The van der Waals surface area contributed by atoms with Crippen molar-refractivity contribution in [3.8, 4) is 11.4 Å². The second-order valence-corrected chi connectivity index (χ2v) is 3.85. The van der Waals surface area contributed by atoms with Gasteiger partial charge in [-0.2, -0.15) is 0 Å². The van der Waals surface area contributed by atoms with Crippen molar-refractivity contribution in [3.05, 3.63) is 41.5 Å². The topological polar surface area (TPSA) is 65.0 Å². The lowest BCUT2D eigenvalue weighted by molar-refractivity contribution is 0.0594. The summed E-state index contributed by atoms with van der Waals surface area (Å²) in [7, 11) is 1.33. The Hall–Kier alpha value is -2.30. The molecular weight excluding hydrogens is 230 g/mol. The van der Waals surface area contributed by atoms with Gasteiger partial charge < -0.3 is 4.74 Å². The highest BCUT2D eigenvalue weighted by Crippen LogP contribution is 2.21. The second kappa shape index (κ2) is 4.91. The van der Waals surface area contributed by atoms with Crippen molar-refractivity contribution in [1.29, 1.82) is 0 Å². The lowest BCUT2D eigenvalue weighted by Crippen LogP contribution is -2.09. The lowest BCUT2D eigenvalue weighted by Gasteiger charge is -2.09. The van der Waals surface area contributed by atoms with Crippen LogP contribution in [0.2, 0.25) is 0 Å². The number of ether oxygens (including phenoxy) is 1. The van der Waals surface area contributed by atoms with Crippen LogP contribution in [-0.4, -0.2) is 28.0 Å². The van der Waals surface area contributed by atoms with Gasteiger partial charge >= 0.3 is 5.97 Å². The molecule has 5 nitrogen and oxygen atoms in total. The molecule has 0 aliphatic rings. The van der Waals surface area contributed by atoms with Gasteiger partial charge in [-0.15, -0.1) is 0 Å². The molecule has 2 aromatic heterocycles. The quantitative estimate of drug-likeness (QED) is 0.754. The number of aromatic nitrogens is 3. The van der Waals surface area contributed by atoms with Crippen molar-refractivity contribution in [1.82, 2.24) is 15.0 Å². The van der Waals surface area contributed by atoms with E-state index in [9.17, 15) is 4.79 Å². The van der Waals surface area contributed by atoms with Gasteiger partial charge in [-0.25, -0.2) is 19.7 Å². The van der Waals surface area contributed by atoms with Gasteiger partial charge in [0.1, 0.15) is 0 Å². The molecule has 0 N–H and O–H groups in total. The minimum atomic E-state index is -0.486. The number of esters is 1. The van der Waals surface area contributed by atoms with Crippen molar-refractivity contribution in [2.45, 2.75) is 13.8 Å². The summed E-state index contributed by atoms with van der Waals surface area (Å²) in [4.78, 5) is 24.3. The van der Waals surface area contributed by atoms with E-state index in [-0.39, 0.29) is 5.69 Å². The summed E-state index contributed by atoms with van der Waals surface area (Å²) in [5.41, 5.74) is 2.59. The molecule has 0 aliphatic carbocycles. The Balaban J connectivity index is 2.65. The summed E-state index contributed by atoms with van der Waals surface area (Å²) >= 11 is 0. The number of carbonyl (C=O) groups excluding carboxylic acids is 1. The molecule has 0 amide bonds. The third-order valence-corrected chi connectivity index (χ3v) is 2.65. The first-order valence-electron chi connectivity index (χ1n) is 5.47. The van der Waals surface area contributed by atoms with Gasteiger partial charge in [0.05, 0.1) is 12.7 Å². The number of aryl methyl sites for hydroxylation is 2. The number of rotatable bonds is 2. The van der Waals surface area contributed by atoms with Gasteiger partial charge in [0.15, 0.2) is 11.5 Å². The van der Waals surface area contributed by atoms with Gasteiger partial charge in [-0.05, 0) is 31.5 Å². The number of carbonyl (C=O) groups is 1. The summed E-state index contributed by atoms with van der Waals surface area (Å²) in [6.45, 7) is 3.77. The lowest BCUT2D eigenvalue weighted by atomic mass is 10.1. The first-order valence-corrected chi connectivity index (χ1v) is 5.47. The molecule has 0 saturated heterocycles. The van der Waals surface area contributed by atoms with E-state index in [4.69, 9.17) is 4.74 Å². The van der Waals surface area contributed by atoms with Crippen LogP contribution in [0.3, 0.4) is 0 Å². The highest BCUT2D eigenvalue weighted by Gasteiger charge is 2.18. The van der Waals surface area contributed by atoms with E-state index in [1.807, 2.05) is 19.9 Å². The molecular formula is C13H13N3O2. The standard InChI is InChI=1S/C13H13N3O2/c1-8-7-10(12-14-5-4-6-15-12)11(13(17)18-3)16-9(8)2/h4-7H,1-3H3. The molecule has 0 fully saturated rings. The summed E-state index contributed by atoms with van der Waals surface area (Å²) in [5.74, 6) is -0.0194. The van der Waals surface area contributed by atoms with E-state index in [0.717, 1.165) is 11.3 Å². The van der Waals surface area contributed by atoms with Crippen LogP contribution in [0.25, 0.3) is 11.4 Å². The van der Waals surface area contributed by atoms with E-state index < -0.39 is 5.97 Å². The monoisotopic (exact) mass is 243 g/mol. The summed E-state index contributed by atoms with van der Waals surface area (Å²) in [6.07, 6.45) is 3.25. The Morgan fingerprint density at radius 1 is 1.22 bits per heavy atom. The predicted octanol–water partition coefficient (Wildman–Crippen LogP) is 1.94. The Bertz CT molecular complexity index is 582. The molecule has 18 heavy (non-hydrogen) atoms. The molecule has 0 bridgehead atoms. The maximum absolute atomic E-state index is 11.7. The van der Waals surface area contributed by atoms with Crippen LogP contribution >= 0.6 is 0 Å². The van der Waals surface area contributed by atoms with Crippen molar-refractivity contribution in [2.75, 3.05) is 7.11 Å². The maximum Gasteiger partial charge on any atom is 0.357 e. The zero-order valence-electron chi connectivity index (χ0n) is 10.5. The molecule has 0 atom stereocenters. The SMILES string of the molecule is COC(=O)c1nc(C)c(C)cc1-c1ncccn1. The van der Waals surface area contributed by atoms with E-state index in [1.54, 1.807) is 18.5 Å². The molecule has 2 aromatic rings. The fourth-order valence-corrected chi connectivity index (χ4v) is 1.57. The summed E-state index contributed by atoms with van der Waals surface area (Å²) < 4.78 is 4.74. The van der Waals surface area contributed by atoms with Crippen molar-refractivity contribution in [3.63, 3.8) is 0 Å². The van der Waals surface area contributed by atoms with Gasteiger partial charge in [0, 0.05) is 18.1 Å². The third kappa shape index (κ3) is 2.20. The van der Waals surface area contributed by atoms with Crippen LogP contribution in [0, 0.1) is 13.8 Å². The normalized spacial score (nSPS) is 10.2. The van der Waals surface area contributed by atoms with Crippen LogP contribution in [-0.2, 0) is 4.74 Å². The average molecular weight is 243 g/mol. The third-order valence-electron chi connectivity index (χ3n) is 2.65. The van der Waals surface area contributed by atoms with E-state index in [1.165, 1.54) is 7.11 Å². The second-order valence-electron chi connectivity index (χ2n) is 3.85. The number of hydrogen-bond acceptors (Lipinski definition) is 5. The molecule has 92 valence electrons. The average Bonchev–Trinajstić information content (AvgIpc) is 2.41. The first kappa shape index (κ1) is 12.2. The van der Waals surface area contributed by atoms with Crippen LogP contribution in [0.1, 0.15) is 21.7 Å². The minimum absolute atomic E-state index is 0.242. The van der Waals surface area contributed by atoms with Gasteiger partial charge in [0.2, 0.25) is 0 Å². The summed E-state index contributed by atoms with van der Waals surface area (Å²) in [6, 6.07) is 3.57. The smallest absolute Gasteiger partial charge is 0.357 e. The summed E-state index contributed by atoms with van der Waals surface area (Å²) in [5, 5.41) is 0. The Morgan fingerprint density at radius 3 is 2.50 bits per heavy atom. The molecule has 0 saturated carbocycles. The van der Waals surface area contributed by atoms with Crippen LogP contribution in [0.5, 0.6) is 0 Å². The Kier molecular flexibility index (Phi) is 3.32. The van der Waals surface area contributed by atoms with E-state index >= 15 is 0 Å². The molecule has 5 heteroatoms. The minimum Gasteiger partial charge on any atom is -0.464 e.